The van der Waals surface area contributed by atoms with Crippen molar-refractivity contribution in [2.75, 3.05) is 18.9 Å². The highest BCUT2D eigenvalue weighted by atomic mass is 16.6. The van der Waals surface area contributed by atoms with Crippen LogP contribution in [0.15, 0.2) is 24.3 Å². The zero-order chi connectivity index (χ0) is 22.0. The van der Waals surface area contributed by atoms with Gasteiger partial charge in [0.05, 0.1) is 0 Å². The lowest BCUT2D eigenvalue weighted by atomic mass is 10.2. The summed E-state index contributed by atoms with van der Waals surface area (Å²) in [6, 6.07) is 5.89. The molecular weight excluding hydrogens is 380 g/mol. The van der Waals surface area contributed by atoms with E-state index in [1.807, 2.05) is 0 Å². The fourth-order valence-corrected chi connectivity index (χ4v) is 1.98. The van der Waals surface area contributed by atoms with Crippen LogP contribution >= 0.6 is 0 Å². The molecule has 1 rings (SSSR count). The number of alkyl carbamates (subject to hydrolysis) is 2. The summed E-state index contributed by atoms with van der Waals surface area (Å²) in [6.45, 7) is 6.44. The summed E-state index contributed by atoms with van der Waals surface area (Å²) in [5, 5.41) is 9.80. The van der Waals surface area contributed by atoms with Crippen LogP contribution < -0.4 is 21.3 Å². The van der Waals surface area contributed by atoms with Gasteiger partial charge < -0.3 is 30.7 Å². The number of carbonyl (C=O) groups is 4. The Morgan fingerprint density at radius 3 is 2.21 bits per heavy atom. The Morgan fingerprint density at radius 1 is 1.03 bits per heavy atom. The van der Waals surface area contributed by atoms with Crippen LogP contribution in [0.25, 0.3) is 0 Å². The van der Waals surface area contributed by atoms with Crippen molar-refractivity contribution in [1.29, 1.82) is 0 Å². The van der Waals surface area contributed by atoms with E-state index >= 15 is 0 Å². The molecule has 4 amide bonds. The molecule has 4 N–H and O–H groups in total. The number of hydrogen-bond acceptors (Lipinski definition) is 6. The number of anilines is 1. The molecule has 29 heavy (non-hydrogen) atoms. The number of benzene rings is 1. The average molecular weight is 408 g/mol. The van der Waals surface area contributed by atoms with Crippen molar-refractivity contribution in [3.05, 3.63) is 29.8 Å². The monoisotopic (exact) mass is 408 g/mol. The van der Waals surface area contributed by atoms with E-state index in [0.717, 1.165) is 5.56 Å². The standard InChI is InChI=1S/C19H28N4O6/c1-12(22-15(24)10-21-18(27)29-19(2,3)4)16(25)23-14-8-6-13(7-9-14)11-28-17(26)20-5/h6-9,12H,10-11H2,1-5H3,(H,20,26)(H,21,27)(H,22,24)(H,23,25)/t12-/m0/s1. The van der Waals surface area contributed by atoms with Gasteiger partial charge in [0.2, 0.25) is 11.8 Å². The molecule has 0 saturated heterocycles. The minimum absolute atomic E-state index is 0.102. The first kappa shape index (κ1) is 23.7. The zero-order valence-electron chi connectivity index (χ0n) is 17.3. The molecule has 0 bridgehead atoms. The smallest absolute Gasteiger partial charge is 0.408 e. The lowest BCUT2D eigenvalue weighted by Crippen LogP contribution is -2.46. The molecule has 160 valence electrons. The third-order valence-corrected chi connectivity index (χ3v) is 3.36. The number of hydrogen-bond donors (Lipinski definition) is 4. The summed E-state index contributed by atoms with van der Waals surface area (Å²) in [6.07, 6.45) is -1.25. The van der Waals surface area contributed by atoms with E-state index in [0.29, 0.717) is 5.69 Å². The Balaban J connectivity index is 2.42. The lowest BCUT2D eigenvalue weighted by molar-refractivity contribution is -0.125. The maximum absolute atomic E-state index is 12.2. The largest absolute Gasteiger partial charge is 0.445 e. The Labute approximate surface area is 169 Å². The molecule has 0 saturated carbocycles. The Morgan fingerprint density at radius 2 is 1.66 bits per heavy atom. The van der Waals surface area contributed by atoms with E-state index in [9.17, 15) is 19.2 Å². The van der Waals surface area contributed by atoms with E-state index < -0.39 is 35.6 Å². The summed E-state index contributed by atoms with van der Waals surface area (Å²) < 4.78 is 9.95. The molecule has 1 aromatic rings. The molecule has 0 aromatic heterocycles. The third-order valence-electron chi connectivity index (χ3n) is 3.36. The Bertz CT molecular complexity index is 727. The number of nitrogens with one attached hydrogen (secondary N) is 4. The first-order chi connectivity index (χ1) is 13.5. The Hall–Kier alpha value is -3.30. The van der Waals surface area contributed by atoms with Crippen LogP contribution in [0.3, 0.4) is 0 Å². The predicted molar refractivity (Wildman–Crippen MR) is 106 cm³/mol. The average Bonchev–Trinajstić information content (AvgIpc) is 2.64. The van der Waals surface area contributed by atoms with Crippen LogP contribution in [0.1, 0.15) is 33.3 Å². The second kappa shape index (κ2) is 10.9. The molecule has 1 aromatic carbocycles. The summed E-state index contributed by atoms with van der Waals surface area (Å²) in [5.74, 6) is -0.954. The quantitative estimate of drug-likeness (QED) is 0.540. The first-order valence-electron chi connectivity index (χ1n) is 9.00. The molecular formula is C19H28N4O6. The Kier molecular flexibility index (Phi) is 8.91. The van der Waals surface area contributed by atoms with Crippen LogP contribution in [0, 0.1) is 0 Å². The van der Waals surface area contributed by atoms with Crippen molar-refractivity contribution in [1.82, 2.24) is 16.0 Å². The number of carbonyl (C=O) groups excluding carboxylic acids is 4. The van der Waals surface area contributed by atoms with Gasteiger partial charge in [-0.2, -0.15) is 0 Å². The topological polar surface area (TPSA) is 135 Å². The minimum Gasteiger partial charge on any atom is -0.445 e. The molecule has 0 aliphatic carbocycles. The number of rotatable bonds is 7. The van der Waals surface area contributed by atoms with Crippen LogP contribution in [0.2, 0.25) is 0 Å². The first-order valence-corrected chi connectivity index (χ1v) is 9.00. The molecule has 0 aliphatic rings. The molecule has 10 nitrogen and oxygen atoms in total. The lowest BCUT2D eigenvalue weighted by Gasteiger charge is -2.20. The fourth-order valence-electron chi connectivity index (χ4n) is 1.98. The van der Waals surface area contributed by atoms with Gasteiger partial charge in [-0.25, -0.2) is 9.59 Å². The van der Waals surface area contributed by atoms with Gasteiger partial charge in [-0.15, -0.1) is 0 Å². The van der Waals surface area contributed by atoms with Gasteiger partial charge in [0.25, 0.3) is 0 Å². The van der Waals surface area contributed by atoms with Crippen molar-refractivity contribution < 1.29 is 28.7 Å². The van der Waals surface area contributed by atoms with Gasteiger partial charge in [-0.05, 0) is 45.4 Å². The molecule has 0 fully saturated rings. The van der Waals surface area contributed by atoms with Gasteiger partial charge >= 0.3 is 12.2 Å². The normalized spacial score (nSPS) is 11.6. The third kappa shape index (κ3) is 9.99. The predicted octanol–water partition coefficient (Wildman–Crippen LogP) is 1.51. The summed E-state index contributed by atoms with van der Waals surface area (Å²) in [7, 11) is 1.47. The van der Waals surface area contributed by atoms with Gasteiger partial charge in [0.1, 0.15) is 24.8 Å². The van der Waals surface area contributed by atoms with Gasteiger partial charge in [-0.1, -0.05) is 12.1 Å². The highest BCUT2D eigenvalue weighted by Gasteiger charge is 2.19. The van der Waals surface area contributed by atoms with Crippen molar-refractivity contribution in [2.45, 2.75) is 45.9 Å². The zero-order valence-corrected chi connectivity index (χ0v) is 17.3. The summed E-state index contributed by atoms with van der Waals surface area (Å²) in [4.78, 5) is 46.6. The number of ether oxygens (including phenoxy) is 2. The van der Waals surface area contributed by atoms with E-state index in [2.05, 4.69) is 21.3 Å². The van der Waals surface area contributed by atoms with Crippen LogP contribution in [0.5, 0.6) is 0 Å². The molecule has 1 atom stereocenters. The number of amides is 4. The van der Waals surface area contributed by atoms with Crippen LogP contribution in [-0.4, -0.2) is 49.2 Å². The summed E-state index contributed by atoms with van der Waals surface area (Å²) >= 11 is 0. The van der Waals surface area contributed by atoms with E-state index in [1.54, 1.807) is 45.0 Å². The van der Waals surface area contributed by atoms with E-state index in [1.165, 1.54) is 14.0 Å². The SMILES string of the molecule is CNC(=O)OCc1ccc(NC(=O)[C@H](C)NC(=O)CNC(=O)OC(C)(C)C)cc1. The van der Waals surface area contributed by atoms with E-state index in [-0.39, 0.29) is 13.2 Å². The van der Waals surface area contributed by atoms with Gasteiger partial charge in [0, 0.05) is 12.7 Å². The van der Waals surface area contributed by atoms with E-state index in [4.69, 9.17) is 9.47 Å². The molecule has 0 heterocycles. The molecule has 0 aliphatic heterocycles. The fraction of sp³-hybridized carbons (Fsp3) is 0.474. The maximum Gasteiger partial charge on any atom is 0.408 e. The molecule has 0 radical (unpaired) electrons. The van der Waals surface area contributed by atoms with Gasteiger partial charge in [0.15, 0.2) is 0 Å². The van der Waals surface area contributed by atoms with Gasteiger partial charge in [-0.3, -0.25) is 9.59 Å². The highest BCUT2D eigenvalue weighted by molar-refractivity contribution is 5.97. The van der Waals surface area contributed by atoms with Crippen molar-refractivity contribution in [2.24, 2.45) is 0 Å². The second-order valence-electron chi connectivity index (χ2n) is 7.16. The van der Waals surface area contributed by atoms with Crippen molar-refractivity contribution in [3.8, 4) is 0 Å². The van der Waals surface area contributed by atoms with Crippen molar-refractivity contribution >= 4 is 29.7 Å². The van der Waals surface area contributed by atoms with Crippen molar-refractivity contribution in [3.63, 3.8) is 0 Å². The summed E-state index contributed by atoms with van der Waals surface area (Å²) in [5.41, 5.74) is 0.602. The molecule has 0 unspecified atom stereocenters. The minimum atomic E-state index is -0.820. The maximum atomic E-state index is 12.2. The van der Waals surface area contributed by atoms with Crippen LogP contribution in [0.4, 0.5) is 15.3 Å². The highest BCUT2D eigenvalue weighted by Crippen LogP contribution is 2.11. The van der Waals surface area contributed by atoms with Crippen LogP contribution in [-0.2, 0) is 25.7 Å². The molecule has 0 spiro atoms. The molecule has 10 heteroatoms. The second-order valence-corrected chi connectivity index (χ2v) is 7.16.